The molecule has 7 nitrogen and oxygen atoms in total. The molecule has 1 fully saturated rings. The van der Waals surface area contributed by atoms with Crippen LogP contribution in [0.15, 0.2) is 0 Å². The molecule has 114 valence electrons. The predicted molar refractivity (Wildman–Crippen MR) is 71.1 cm³/mol. The number of rotatable bonds is 7. The fourth-order valence-electron chi connectivity index (χ4n) is 2.13. The molecule has 1 saturated heterocycles. The number of carboxylic acids is 1. The molecule has 7 heteroatoms. The molecule has 20 heavy (non-hydrogen) atoms. The fraction of sp³-hybridized carbons (Fsp3) is 0.769. The van der Waals surface area contributed by atoms with Crippen LogP contribution in [0.1, 0.15) is 25.7 Å². The second-order valence-electron chi connectivity index (χ2n) is 4.80. The van der Waals surface area contributed by atoms with Crippen LogP contribution in [-0.2, 0) is 19.1 Å². The van der Waals surface area contributed by atoms with Crippen LogP contribution in [0.2, 0.25) is 0 Å². The van der Waals surface area contributed by atoms with Crippen molar-refractivity contribution in [3.8, 4) is 0 Å². The van der Waals surface area contributed by atoms with Gasteiger partial charge in [0.25, 0.3) is 0 Å². The van der Waals surface area contributed by atoms with E-state index in [-0.39, 0.29) is 24.8 Å². The molecule has 1 aliphatic rings. The van der Waals surface area contributed by atoms with Crippen molar-refractivity contribution in [2.45, 2.75) is 25.7 Å². The zero-order chi connectivity index (χ0) is 15.0. The number of methoxy groups -OCH3 is 1. The largest absolute Gasteiger partial charge is 0.481 e. The molecule has 0 radical (unpaired) electrons. The summed E-state index contributed by atoms with van der Waals surface area (Å²) in [7, 11) is 1.48. The number of carboxylic acid groups (broad SMARTS) is 1. The first-order valence-corrected chi connectivity index (χ1v) is 6.81. The molecule has 0 unspecified atom stereocenters. The highest BCUT2D eigenvalue weighted by atomic mass is 16.5. The van der Waals surface area contributed by atoms with E-state index in [1.807, 2.05) is 0 Å². The smallest absolute Gasteiger partial charge is 0.303 e. The van der Waals surface area contributed by atoms with Gasteiger partial charge in [-0.25, -0.2) is 0 Å². The van der Waals surface area contributed by atoms with E-state index in [0.29, 0.717) is 45.4 Å². The van der Waals surface area contributed by atoms with Gasteiger partial charge in [-0.2, -0.15) is 0 Å². The minimum atomic E-state index is -0.831. The maximum atomic E-state index is 11.9. The third-order valence-electron chi connectivity index (χ3n) is 3.28. The van der Waals surface area contributed by atoms with Crippen LogP contribution < -0.4 is 0 Å². The summed E-state index contributed by atoms with van der Waals surface area (Å²) in [6.07, 6.45) is 1.59. The van der Waals surface area contributed by atoms with Crippen LogP contribution >= 0.6 is 0 Å². The minimum absolute atomic E-state index is 0.0363. The highest BCUT2D eigenvalue weighted by Crippen LogP contribution is 2.08. The lowest BCUT2D eigenvalue weighted by atomic mass is 10.1. The summed E-state index contributed by atoms with van der Waals surface area (Å²) in [6, 6.07) is 0. The Kier molecular flexibility index (Phi) is 7.00. The van der Waals surface area contributed by atoms with Gasteiger partial charge in [-0.05, 0) is 12.8 Å². The molecule has 1 heterocycles. The summed E-state index contributed by atoms with van der Waals surface area (Å²) in [6.45, 7) is 2.20. The van der Waals surface area contributed by atoms with Crippen molar-refractivity contribution in [3.63, 3.8) is 0 Å². The molecule has 0 aromatic rings. The average Bonchev–Trinajstić information content (AvgIpc) is 2.43. The number of nitrogens with zero attached hydrogens (tertiary/aromatic N) is 2. The van der Waals surface area contributed by atoms with Gasteiger partial charge in [0.2, 0.25) is 11.8 Å². The second kappa shape index (κ2) is 8.52. The Bertz CT molecular complexity index is 351. The number of unbranched alkanes of at least 4 members (excludes halogenated alkanes) is 1. The van der Waals surface area contributed by atoms with Crippen molar-refractivity contribution in [1.29, 1.82) is 0 Å². The maximum Gasteiger partial charge on any atom is 0.303 e. The fourth-order valence-corrected chi connectivity index (χ4v) is 2.13. The highest BCUT2D eigenvalue weighted by molar-refractivity contribution is 5.79. The van der Waals surface area contributed by atoms with Gasteiger partial charge >= 0.3 is 5.97 Å². The highest BCUT2D eigenvalue weighted by Gasteiger charge is 2.23. The van der Waals surface area contributed by atoms with Crippen molar-refractivity contribution in [2.24, 2.45) is 0 Å². The number of carbonyl (C=O) groups excluding carboxylic acids is 2. The van der Waals surface area contributed by atoms with Gasteiger partial charge < -0.3 is 19.6 Å². The van der Waals surface area contributed by atoms with Crippen molar-refractivity contribution in [1.82, 2.24) is 9.80 Å². The number of piperazine rings is 1. The minimum Gasteiger partial charge on any atom is -0.481 e. The van der Waals surface area contributed by atoms with Crippen LogP contribution in [0, 0.1) is 0 Å². The zero-order valence-corrected chi connectivity index (χ0v) is 11.8. The van der Waals surface area contributed by atoms with E-state index >= 15 is 0 Å². The van der Waals surface area contributed by atoms with E-state index in [0.717, 1.165) is 0 Å². The molecule has 1 aliphatic heterocycles. The summed E-state index contributed by atoms with van der Waals surface area (Å²) >= 11 is 0. The van der Waals surface area contributed by atoms with E-state index < -0.39 is 5.97 Å². The van der Waals surface area contributed by atoms with Crippen LogP contribution in [-0.4, -0.2) is 72.6 Å². The lowest BCUT2D eigenvalue weighted by molar-refractivity contribution is -0.141. The first kappa shape index (κ1) is 16.4. The Labute approximate surface area is 118 Å². The van der Waals surface area contributed by atoms with Crippen LogP contribution in [0.5, 0.6) is 0 Å². The second-order valence-corrected chi connectivity index (χ2v) is 4.80. The van der Waals surface area contributed by atoms with Gasteiger partial charge in [0.15, 0.2) is 0 Å². The van der Waals surface area contributed by atoms with Crippen molar-refractivity contribution in [2.75, 3.05) is 39.9 Å². The van der Waals surface area contributed by atoms with E-state index in [9.17, 15) is 14.4 Å². The van der Waals surface area contributed by atoms with Gasteiger partial charge in [0.05, 0.1) is 0 Å². The molecule has 1 rings (SSSR count). The lowest BCUT2D eigenvalue weighted by Gasteiger charge is -2.34. The Morgan fingerprint density at radius 2 is 1.45 bits per heavy atom. The summed E-state index contributed by atoms with van der Waals surface area (Å²) in [5.41, 5.74) is 0. The Morgan fingerprint density at radius 3 is 1.95 bits per heavy atom. The van der Waals surface area contributed by atoms with Gasteiger partial charge in [0.1, 0.15) is 6.61 Å². The number of hydrogen-bond donors (Lipinski definition) is 1. The zero-order valence-electron chi connectivity index (χ0n) is 11.8. The summed E-state index contributed by atoms with van der Waals surface area (Å²) < 4.78 is 4.80. The standard InChI is InChI=1S/C13H22N2O5/c1-20-10-12(17)15-8-6-14(7-9-15)11(16)4-2-3-5-13(18)19/h2-10H2,1H3,(H,18,19). The molecule has 2 amide bonds. The first-order valence-electron chi connectivity index (χ1n) is 6.81. The molecule has 0 saturated carbocycles. The normalized spacial score (nSPS) is 15.2. The van der Waals surface area contributed by atoms with Crippen LogP contribution in [0.25, 0.3) is 0 Å². The Morgan fingerprint density at radius 1 is 0.950 bits per heavy atom. The molecular weight excluding hydrogens is 264 g/mol. The molecule has 0 spiro atoms. The van der Waals surface area contributed by atoms with Gasteiger partial charge in [0, 0.05) is 46.1 Å². The number of hydrogen-bond acceptors (Lipinski definition) is 4. The maximum absolute atomic E-state index is 11.9. The Hall–Kier alpha value is -1.63. The van der Waals surface area contributed by atoms with E-state index in [2.05, 4.69) is 0 Å². The lowest BCUT2D eigenvalue weighted by Crippen LogP contribution is -2.51. The van der Waals surface area contributed by atoms with Crippen LogP contribution in [0.3, 0.4) is 0 Å². The summed E-state index contributed by atoms with van der Waals surface area (Å²) in [5.74, 6) is -0.849. The molecular formula is C13H22N2O5. The van der Waals surface area contributed by atoms with Crippen molar-refractivity contribution >= 4 is 17.8 Å². The average molecular weight is 286 g/mol. The molecule has 0 aliphatic carbocycles. The molecule has 0 atom stereocenters. The van der Waals surface area contributed by atoms with E-state index in [1.165, 1.54) is 7.11 Å². The predicted octanol–water partition coefficient (Wildman–Crippen LogP) is -0.0514. The molecule has 0 aromatic heterocycles. The summed E-state index contributed by atoms with van der Waals surface area (Å²) in [4.78, 5) is 37.3. The molecule has 0 aromatic carbocycles. The molecule has 1 N–H and O–H groups in total. The van der Waals surface area contributed by atoms with Crippen molar-refractivity contribution < 1.29 is 24.2 Å². The monoisotopic (exact) mass is 286 g/mol. The third-order valence-corrected chi connectivity index (χ3v) is 3.28. The molecule has 0 bridgehead atoms. The van der Waals surface area contributed by atoms with Crippen LogP contribution in [0.4, 0.5) is 0 Å². The Balaban J connectivity index is 2.22. The number of ether oxygens (including phenoxy) is 1. The van der Waals surface area contributed by atoms with Gasteiger partial charge in [-0.1, -0.05) is 0 Å². The number of amides is 2. The van der Waals surface area contributed by atoms with E-state index in [4.69, 9.17) is 9.84 Å². The van der Waals surface area contributed by atoms with E-state index in [1.54, 1.807) is 9.80 Å². The third kappa shape index (κ3) is 5.56. The quantitative estimate of drug-likeness (QED) is 0.663. The summed E-state index contributed by atoms with van der Waals surface area (Å²) in [5, 5.41) is 8.51. The van der Waals surface area contributed by atoms with Gasteiger partial charge in [-0.15, -0.1) is 0 Å². The number of aliphatic carboxylic acids is 1. The van der Waals surface area contributed by atoms with Gasteiger partial charge in [-0.3, -0.25) is 14.4 Å². The topological polar surface area (TPSA) is 87.2 Å². The number of carbonyl (C=O) groups is 3. The SMILES string of the molecule is COCC(=O)N1CCN(C(=O)CCCCC(=O)O)CC1. The first-order chi connectivity index (χ1) is 9.54. The van der Waals surface area contributed by atoms with Crippen molar-refractivity contribution in [3.05, 3.63) is 0 Å².